The minimum atomic E-state index is -5.38. The summed E-state index contributed by atoms with van der Waals surface area (Å²) >= 11 is 0. The van der Waals surface area contributed by atoms with Gasteiger partial charge in [-0.25, -0.2) is 0 Å². The summed E-state index contributed by atoms with van der Waals surface area (Å²) < 4.78 is 68.4. The van der Waals surface area contributed by atoms with Crippen molar-refractivity contribution in [1.82, 2.24) is 0 Å². The van der Waals surface area contributed by atoms with E-state index in [0.717, 1.165) is 18.6 Å². The van der Waals surface area contributed by atoms with Gasteiger partial charge in [-0.05, 0) is 29.5 Å². The van der Waals surface area contributed by atoms with E-state index < -0.39 is 23.1 Å². The smallest absolute Gasteiger partial charge is 0.419 e. The molecule has 0 saturated heterocycles. The fourth-order valence-corrected chi connectivity index (χ4v) is 8.25. The average Bonchev–Trinajstić information content (AvgIpc) is 2.34. The number of hydrogen-bond acceptors (Lipinski definition) is 4. The fraction of sp³-hybridized carbons (Fsp3) is 0.500. The summed E-state index contributed by atoms with van der Waals surface area (Å²) in [7, 11) is -14.4. The minimum absolute atomic E-state index is 0.00844. The van der Waals surface area contributed by atoms with Crippen LogP contribution in [0.5, 0.6) is 5.75 Å². The Kier molecular flexibility index (Phi) is 4.94. The van der Waals surface area contributed by atoms with E-state index in [4.69, 9.17) is 4.52 Å². The van der Waals surface area contributed by atoms with E-state index in [1.54, 1.807) is 12.1 Å². The predicted octanol–water partition coefficient (Wildman–Crippen LogP) is 8.20. The molecule has 1 heterocycles. The van der Waals surface area contributed by atoms with E-state index in [1.807, 2.05) is 20.8 Å². The molecule has 1 aliphatic rings. The van der Waals surface area contributed by atoms with Crippen molar-refractivity contribution in [3.63, 3.8) is 0 Å². The van der Waals surface area contributed by atoms with Crippen LogP contribution in [0.1, 0.15) is 32.8 Å². The van der Waals surface area contributed by atoms with E-state index >= 15 is 0 Å². The van der Waals surface area contributed by atoms with E-state index in [1.165, 1.54) is 12.1 Å². The third-order valence-electron chi connectivity index (χ3n) is 3.50. The molecule has 1 aromatic rings. The van der Waals surface area contributed by atoms with Crippen molar-refractivity contribution in [3.05, 3.63) is 29.8 Å². The molecule has 4 nitrogen and oxygen atoms in total. The highest BCUT2D eigenvalue weighted by Crippen LogP contribution is 2.79. The van der Waals surface area contributed by atoms with Crippen LogP contribution in [0.15, 0.2) is 37.8 Å². The molecule has 0 N–H and O–H groups in total. The third-order valence-corrected chi connectivity index (χ3v) is 10.0. The van der Waals surface area contributed by atoms with Crippen LogP contribution in [0, 0.1) is 0 Å². The molecule has 1 aromatic carbocycles. The monoisotopic (exact) mass is 389 g/mol. The Bertz CT molecular complexity index is 757. The SMILES string of the molecule is CCC(C)(C)c1ccc(OP2(F)=NP(C)(F)=NP(F)(F)=N2)cc1. The second-order valence-electron chi connectivity index (χ2n) is 5.86. The van der Waals surface area contributed by atoms with E-state index in [0.29, 0.717) is 0 Å². The molecule has 23 heavy (non-hydrogen) atoms. The molecule has 0 saturated carbocycles. The molecule has 130 valence electrons. The van der Waals surface area contributed by atoms with Crippen LogP contribution in [0.25, 0.3) is 0 Å². The molecule has 0 aliphatic carbocycles. The second-order valence-corrected chi connectivity index (χ2v) is 11.7. The van der Waals surface area contributed by atoms with Crippen LogP contribution in [0.4, 0.5) is 16.8 Å². The van der Waals surface area contributed by atoms with E-state index in [2.05, 4.69) is 13.5 Å². The Labute approximate surface area is 133 Å². The summed E-state index contributed by atoms with van der Waals surface area (Å²) in [6.07, 6.45) is 0.890. The van der Waals surface area contributed by atoms with E-state index in [9.17, 15) is 16.8 Å². The molecular weight excluding hydrogens is 371 g/mol. The van der Waals surface area contributed by atoms with Gasteiger partial charge in [0.1, 0.15) is 5.75 Å². The molecule has 0 amide bonds. The summed E-state index contributed by atoms with van der Waals surface area (Å²) in [5.74, 6) is -0.00844. The van der Waals surface area contributed by atoms with Gasteiger partial charge in [0.15, 0.2) is 0 Å². The molecular formula is C12H18F4N3OP3. The zero-order chi connectivity index (χ0) is 17.5. The Hall–Kier alpha value is -0.570. The van der Waals surface area contributed by atoms with Crippen molar-refractivity contribution in [3.8, 4) is 5.75 Å². The van der Waals surface area contributed by atoms with Gasteiger partial charge < -0.3 is 4.52 Å². The van der Waals surface area contributed by atoms with Gasteiger partial charge in [0, 0.05) is 6.66 Å². The maximum absolute atomic E-state index is 14.5. The van der Waals surface area contributed by atoms with Crippen molar-refractivity contribution in [1.29, 1.82) is 0 Å². The maximum atomic E-state index is 14.5. The molecule has 2 rings (SSSR count). The molecule has 11 heteroatoms. The quantitative estimate of drug-likeness (QED) is 0.378. The van der Waals surface area contributed by atoms with Crippen LogP contribution < -0.4 is 4.52 Å². The number of rotatable bonds is 4. The fourth-order valence-electron chi connectivity index (χ4n) is 1.93. The largest absolute Gasteiger partial charge is 0.439 e. The Morgan fingerprint density at radius 2 is 1.57 bits per heavy atom. The molecule has 1 aliphatic heterocycles. The predicted molar refractivity (Wildman–Crippen MR) is 88.8 cm³/mol. The number of nitrogens with zero attached hydrogens (tertiary/aromatic N) is 3. The van der Waals surface area contributed by atoms with Crippen molar-refractivity contribution in [2.24, 2.45) is 13.5 Å². The van der Waals surface area contributed by atoms with Crippen LogP contribution in [-0.4, -0.2) is 6.66 Å². The minimum Gasteiger partial charge on any atom is -0.419 e. The second kappa shape index (κ2) is 6.06. The molecule has 0 spiro atoms. The third kappa shape index (κ3) is 4.71. The highest BCUT2D eigenvalue weighted by molar-refractivity contribution is 7.79. The van der Waals surface area contributed by atoms with Gasteiger partial charge in [-0.15, -0.1) is 21.6 Å². The summed E-state index contributed by atoms with van der Waals surface area (Å²) in [4.78, 5) is 0. The zero-order valence-corrected chi connectivity index (χ0v) is 15.8. The maximum Gasteiger partial charge on any atom is 0.439 e. The average molecular weight is 389 g/mol. The van der Waals surface area contributed by atoms with Crippen molar-refractivity contribution in [2.45, 2.75) is 32.6 Å². The Balaban J connectivity index is 2.35. The first-order valence-corrected chi connectivity index (χ1v) is 11.9. The highest BCUT2D eigenvalue weighted by atomic mass is 31.3. The van der Waals surface area contributed by atoms with Gasteiger partial charge in [0.25, 0.3) is 7.52 Å². The lowest BCUT2D eigenvalue weighted by atomic mass is 9.82. The molecule has 0 aromatic heterocycles. The summed E-state index contributed by atoms with van der Waals surface area (Å²) in [6.45, 7) is 6.89. The van der Waals surface area contributed by atoms with Crippen LogP contribution in [0.3, 0.4) is 0 Å². The molecule has 0 radical (unpaired) electrons. The van der Waals surface area contributed by atoms with Gasteiger partial charge >= 0.3 is 15.6 Å². The summed E-state index contributed by atoms with van der Waals surface area (Å²) in [5.41, 5.74) is 0.910. The molecule has 2 unspecified atom stereocenters. The molecule has 0 fully saturated rings. The Morgan fingerprint density at radius 3 is 2.04 bits per heavy atom. The van der Waals surface area contributed by atoms with E-state index in [-0.39, 0.29) is 11.2 Å². The number of halogens is 4. The summed E-state index contributed by atoms with van der Waals surface area (Å²) in [5, 5.41) is 0. The van der Waals surface area contributed by atoms with Gasteiger partial charge in [-0.1, -0.05) is 32.9 Å². The molecule has 0 bridgehead atoms. The lowest BCUT2D eigenvalue weighted by molar-refractivity contribution is 0.504. The lowest BCUT2D eigenvalue weighted by Gasteiger charge is -2.24. The first kappa shape index (κ1) is 18.8. The number of hydrogen-bond donors (Lipinski definition) is 0. The summed E-state index contributed by atoms with van der Waals surface area (Å²) in [6, 6.07) is 6.34. The van der Waals surface area contributed by atoms with Crippen molar-refractivity contribution in [2.75, 3.05) is 6.66 Å². The van der Waals surface area contributed by atoms with Crippen LogP contribution in [-0.2, 0) is 5.41 Å². The topological polar surface area (TPSA) is 46.3 Å². The first-order valence-electron chi connectivity index (χ1n) is 6.84. The lowest BCUT2D eigenvalue weighted by Crippen LogP contribution is -2.14. The van der Waals surface area contributed by atoms with Crippen LogP contribution >= 0.6 is 23.1 Å². The van der Waals surface area contributed by atoms with Gasteiger partial charge in [-0.3, -0.25) is 0 Å². The standard InChI is InChI=1S/C12H18F4N3OP3/c1-5-12(2,3)10-6-8-11(9-7-10)20-23(16)18-21(4,13)17-22(14,15)19-23/h6-9H,5H2,1-4H3. The van der Waals surface area contributed by atoms with Gasteiger partial charge in [-0.2, -0.15) is 8.71 Å². The normalized spacial score (nSPS) is 29.9. The first-order chi connectivity index (χ1) is 10.4. The van der Waals surface area contributed by atoms with Crippen molar-refractivity contribution < 1.29 is 21.3 Å². The Morgan fingerprint density at radius 1 is 1.00 bits per heavy atom. The highest BCUT2D eigenvalue weighted by Gasteiger charge is 2.38. The molecule has 2 atom stereocenters. The van der Waals surface area contributed by atoms with Crippen molar-refractivity contribution >= 4 is 23.1 Å². The number of benzene rings is 1. The van der Waals surface area contributed by atoms with Crippen LogP contribution in [0.2, 0.25) is 0 Å². The van der Waals surface area contributed by atoms with Gasteiger partial charge in [0.05, 0.1) is 0 Å². The zero-order valence-electron chi connectivity index (χ0n) is 13.1. The van der Waals surface area contributed by atoms with Gasteiger partial charge in [0.2, 0.25) is 0 Å².